The molecular weight excluding hydrogens is 384 g/mol. The molecule has 0 heterocycles. The summed E-state index contributed by atoms with van der Waals surface area (Å²) in [5.74, 6) is -1.18. The largest absolute Gasteiger partial charge is 0.481 e. The van der Waals surface area contributed by atoms with Crippen molar-refractivity contribution in [2.75, 3.05) is 10.8 Å². The average molecular weight is 399 g/mol. The third kappa shape index (κ3) is 4.12. The van der Waals surface area contributed by atoms with E-state index < -0.39 is 27.3 Å². The monoisotopic (exact) mass is 398 g/mol. The number of hydrogen-bond acceptors (Lipinski definition) is 5. The summed E-state index contributed by atoms with van der Waals surface area (Å²) in [4.78, 5) is 20.9. The van der Waals surface area contributed by atoms with Crippen LogP contribution in [0.4, 0.5) is 11.4 Å². The number of carbonyl (C=O) groups is 1. The van der Waals surface area contributed by atoms with Crippen molar-refractivity contribution in [3.8, 4) is 0 Å². The van der Waals surface area contributed by atoms with Crippen LogP contribution in [0.2, 0.25) is 5.02 Å². The Hall–Kier alpha value is -2.65. The fraction of sp³-hybridized carbons (Fsp3) is 0.188. The van der Waals surface area contributed by atoms with Crippen LogP contribution < -0.4 is 4.31 Å². The van der Waals surface area contributed by atoms with Gasteiger partial charge < -0.3 is 5.11 Å². The van der Waals surface area contributed by atoms with E-state index in [1.54, 1.807) is 19.1 Å². The Labute approximate surface area is 154 Å². The Balaban J connectivity index is 2.60. The summed E-state index contributed by atoms with van der Waals surface area (Å²) in [5, 5.41) is 20.2. The topological polar surface area (TPSA) is 118 Å². The van der Waals surface area contributed by atoms with Crippen LogP contribution in [0.3, 0.4) is 0 Å². The number of halogens is 1. The number of rotatable bonds is 7. The van der Waals surface area contributed by atoms with E-state index in [9.17, 15) is 23.3 Å². The van der Waals surface area contributed by atoms with Gasteiger partial charge >= 0.3 is 5.97 Å². The SMILES string of the molecule is Cc1c(Cl)cccc1N(CCC(=O)O)S(=O)(=O)c1cccc([N+](=O)[O-])c1. The quantitative estimate of drug-likeness (QED) is 0.565. The summed E-state index contributed by atoms with van der Waals surface area (Å²) in [5.41, 5.74) is 0.283. The molecule has 0 amide bonds. The molecule has 0 saturated heterocycles. The number of nitro benzene ring substituents is 1. The van der Waals surface area contributed by atoms with Gasteiger partial charge in [0, 0.05) is 23.7 Å². The fourth-order valence-corrected chi connectivity index (χ4v) is 4.05. The Morgan fingerprint density at radius 1 is 1.27 bits per heavy atom. The molecule has 1 N–H and O–H groups in total. The van der Waals surface area contributed by atoms with E-state index in [-0.39, 0.29) is 22.8 Å². The highest BCUT2D eigenvalue weighted by molar-refractivity contribution is 7.92. The standard InChI is InChI=1S/C16H15ClN2O6S/c1-11-14(17)6-3-7-15(11)18(9-8-16(20)21)26(24,25)13-5-2-4-12(10-13)19(22)23/h2-7,10H,8-9H2,1H3,(H,20,21). The number of aliphatic carboxylic acids is 1. The van der Waals surface area contributed by atoms with Crippen LogP contribution >= 0.6 is 11.6 Å². The van der Waals surface area contributed by atoms with Crippen molar-refractivity contribution >= 4 is 39.0 Å². The van der Waals surface area contributed by atoms with Crippen molar-refractivity contribution in [2.45, 2.75) is 18.2 Å². The van der Waals surface area contributed by atoms with E-state index >= 15 is 0 Å². The molecule has 0 aliphatic carbocycles. The highest BCUT2D eigenvalue weighted by Crippen LogP contribution is 2.31. The number of non-ortho nitro benzene ring substituents is 1. The lowest BCUT2D eigenvalue weighted by Crippen LogP contribution is -2.33. The normalized spacial score (nSPS) is 11.2. The van der Waals surface area contributed by atoms with Crippen LogP contribution in [0.1, 0.15) is 12.0 Å². The minimum Gasteiger partial charge on any atom is -0.481 e. The highest BCUT2D eigenvalue weighted by atomic mass is 35.5. The zero-order valence-corrected chi connectivity index (χ0v) is 15.2. The van der Waals surface area contributed by atoms with Crippen LogP contribution in [-0.4, -0.2) is 31.0 Å². The number of hydrogen-bond donors (Lipinski definition) is 1. The molecule has 0 aromatic heterocycles. The van der Waals surface area contributed by atoms with Crippen molar-refractivity contribution < 1.29 is 23.2 Å². The fourth-order valence-electron chi connectivity index (χ4n) is 2.32. The van der Waals surface area contributed by atoms with Gasteiger partial charge in [0.05, 0.1) is 21.9 Å². The van der Waals surface area contributed by atoms with Gasteiger partial charge in [-0.15, -0.1) is 0 Å². The lowest BCUT2D eigenvalue weighted by atomic mass is 10.2. The number of carboxylic acids is 1. The van der Waals surface area contributed by atoms with Gasteiger partial charge in [0.25, 0.3) is 15.7 Å². The molecule has 0 bridgehead atoms. The average Bonchev–Trinajstić information content (AvgIpc) is 2.58. The number of sulfonamides is 1. The summed E-state index contributed by atoms with van der Waals surface area (Å²) in [6, 6.07) is 9.20. The number of anilines is 1. The van der Waals surface area contributed by atoms with Crippen molar-refractivity contribution in [2.24, 2.45) is 0 Å². The second-order valence-electron chi connectivity index (χ2n) is 5.36. The molecule has 26 heavy (non-hydrogen) atoms. The molecule has 2 aromatic carbocycles. The van der Waals surface area contributed by atoms with Gasteiger partial charge in [-0.25, -0.2) is 8.42 Å². The lowest BCUT2D eigenvalue weighted by Gasteiger charge is -2.25. The molecule has 10 heteroatoms. The lowest BCUT2D eigenvalue weighted by molar-refractivity contribution is -0.385. The summed E-state index contributed by atoms with van der Waals surface area (Å²) in [6.45, 7) is 1.26. The molecule has 8 nitrogen and oxygen atoms in total. The van der Waals surface area contributed by atoms with E-state index in [4.69, 9.17) is 16.7 Å². The minimum absolute atomic E-state index is 0.213. The summed E-state index contributed by atoms with van der Waals surface area (Å²) >= 11 is 6.06. The first-order chi connectivity index (χ1) is 12.1. The van der Waals surface area contributed by atoms with Crippen LogP contribution in [0.25, 0.3) is 0 Å². The molecule has 0 spiro atoms. The van der Waals surface area contributed by atoms with Gasteiger partial charge in [0.2, 0.25) is 0 Å². The molecule has 0 unspecified atom stereocenters. The number of benzene rings is 2. The molecule has 0 atom stereocenters. The van der Waals surface area contributed by atoms with Crippen molar-refractivity contribution in [3.63, 3.8) is 0 Å². The zero-order valence-electron chi connectivity index (χ0n) is 13.6. The molecular formula is C16H15ClN2O6S. The third-order valence-corrected chi connectivity index (χ3v) is 5.87. The number of nitrogens with zero attached hydrogens (tertiary/aromatic N) is 2. The first-order valence-electron chi connectivity index (χ1n) is 7.38. The van der Waals surface area contributed by atoms with Gasteiger partial charge in [-0.2, -0.15) is 0 Å². The van der Waals surface area contributed by atoms with Gasteiger partial charge in [0.1, 0.15) is 0 Å². The second-order valence-corrected chi connectivity index (χ2v) is 7.63. The molecule has 2 aromatic rings. The predicted molar refractivity (Wildman–Crippen MR) is 96.1 cm³/mol. The van der Waals surface area contributed by atoms with E-state index in [1.165, 1.54) is 24.3 Å². The Bertz CT molecular complexity index is 961. The maximum Gasteiger partial charge on any atom is 0.305 e. The van der Waals surface area contributed by atoms with Crippen molar-refractivity contribution in [3.05, 3.63) is 63.2 Å². The minimum atomic E-state index is -4.24. The Kier molecular flexibility index (Phi) is 5.83. The molecule has 138 valence electrons. The van der Waals surface area contributed by atoms with E-state index in [0.29, 0.717) is 10.6 Å². The van der Waals surface area contributed by atoms with E-state index in [0.717, 1.165) is 10.4 Å². The van der Waals surface area contributed by atoms with Crippen molar-refractivity contribution in [1.29, 1.82) is 0 Å². The highest BCUT2D eigenvalue weighted by Gasteiger charge is 2.28. The molecule has 0 aliphatic heterocycles. The maximum atomic E-state index is 13.1. The summed E-state index contributed by atoms with van der Waals surface area (Å²) in [6.07, 6.45) is -0.444. The Morgan fingerprint density at radius 3 is 2.54 bits per heavy atom. The van der Waals surface area contributed by atoms with E-state index in [2.05, 4.69) is 0 Å². The van der Waals surface area contributed by atoms with Crippen LogP contribution in [-0.2, 0) is 14.8 Å². The van der Waals surface area contributed by atoms with Crippen molar-refractivity contribution in [1.82, 2.24) is 0 Å². The van der Waals surface area contributed by atoms with Crippen LogP contribution in [0.5, 0.6) is 0 Å². The smallest absolute Gasteiger partial charge is 0.305 e. The van der Waals surface area contributed by atoms with E-state index in [1.807, 2.05) is 0 Å². The molecule has 2 rings (SSSR count). The number of nitro groups is 1. The second kappa shape index (κ2) is 7.71. The molecule has 0 aliphatic rings. The predicted octanol–water partition coefficient (Wildman–Crippen LogP) is 3.23. The molecule has 0 saturated carbocycles. The van der Waals surface area contributed by atoms with Gasteiger partial charge in [-0.1, -0.05) is 23.7 Å². The van der Waals surface area contributed by atoms with Gasteiger partial charge in [-0.3, -0.25) is 19.2 Å². The van der Waals surface area contributed by atoms with Gasteiger partial charge in [0.15, 0.2) is 0 Å². The molecule has 0 radical (unpaired) electrons. The summed E-state index contributed by atoms with van der Waals surface area (Å²) < 4.78 is 27.0. The number of carboxylic acid groups (broad SMARTS) is 1. The Morgan fingerprint density at radius 2 is 1.92 bits per heavy atom. The maximum absolute atomic E-state index is 13.1. The molecule has 0 fully saturated rings. The first-order valence-corrected chi connectivity index (χ1v) is 9.20. The van der Waals surface area contributed by atoms with Crippen LogP contribution in [0, 0.1) is 17.0 Å². The zero-order chi connectivity index (χ0) is 19.5. The first kappa shape index (κ1) is 19.7. The van der Waals surface area contributed by atoms with Gasteiger partial charge in [-0.05, 0) is 30.7 Å². The van der Waals surface area contributed by atoms with Crippen LogP contribution in [0.15, 0.2) is 47.4 Å². The summed E-state index contributed by atoms with van der Waals surface area (Å²) in [7, 11) is -4.24. The third-order valence-electron chi connectivity index (χ3n) is 3.65.